The second-order valence-electron chi connectivity index (χ2n) is 2.65. The van der Waals surface area contributed by atoms with Crippen molar-refractivity contribution in [3.63, 3.8) is 0 Å². The standard InChI is InChI=1S/C7H14ClN5O2/c1-14-3-9-6-11-5(8)12-7(13-6)10-4-15-2/h6,9H,3-4H2,1-2H3,(H2,10,11,12,13). The number of nitrogens with one attached hydrogen (secondary N) is 3. The first kappa shape index (κ1) is 12.2. The van der Waals surface area contributed by atoms with Crippen molar-refractivity contribution in [1.82, 2.24) is 16.0 Å². The molecule has 1 heterocycles. The van der Waals surface area contributed by atoms with Crippen LogP contribution in [0.2, 0.25) is 0 Å². The van der Waals surface area contributed by atoms with Crippen molar-refractivity contribution in [3.8, 4) is 0 Å². The third-order valence-corrected chi connectivity index (χ3v) is 1.70. The predicted molar refractivity (Wildman–Crippen MR) is 57.7 cm³/mol. The van der Waals surface area contributed by atoms with E-state index in [1.807, 2.05) is 0 Å². The van der Waals surface area contributed by atoms with E-state index >= 15 is 0 Å². The van der Waals surface area contributed by atoms with E-state index in [-0.39, 0.29) is 18.3 Å². The quantitative estimate of drug-likeness (QED) is 0.430. The zero-order valence-electron chi connectivity index (χ0n) is 8.58. The van der Waals surface area contributed by atoms with Crippen LogP contribution in [0.15, 0.2) is 9.98 Å². The molecule has 7 nitrogen and oxygen atoms in total. The molecule has 0 aromatic heterocycles. The van der Waals surface area contributed by atoms with Crippen molar-refractivity contribution in [2.24, 2.45) is 9.98 Å². The summed E-state index contributed by atoms with van der Waals surface area (Å²) in [4.78, 5) is 8.06. The smallest absolute Gasteiger partial charge is 0.202 e. The van der Waals surface area contributed by atoms with Gasteiger partial charge in [-0.25, -0.2) is 9.98 Å². The monoisotopic (exact) mass is 235 g/mol. The van der Waals surface area contributed by atoms with Crippen LogP contribution in [-0.4, -0.2) is 45.2 Å². The minimum atomic E-state index is -0.352. The van der Waals surface area contributed by atoms with Gasteiger partial charge in [0.2, 0.25) is 11.3 Å². The lowest BCUT2D eigenvalue weighted by molar-refractivity contribution is 0.161. The lowest BCUT2D eigenvalue weighted by atomic mass is 10.7. The highest BCUT2D eigenvalue weighted by atomic mass is 35.5. The van der Waals surface area contributed by atoms with E-state index in [0.717, 1.165) is 0 Å². The molecular weight excluding hydrogens is 222 g/mol. The van der Waals surface area contributed by atoms with Gasteiger partial charge in [0.25, 0.3) is 0 Å². The van der Waals surface area contributed by atoms with Crippen LogP contribution in [0.4, 0.5) is 0 Å². The number of methoxy groups -OCH3 is 2. The summed E-state index contributed by atoms with van der Waals surface area (Å²) < 4.78 is 9.65. The molecule has 0 bridgehead atoms. The molecule has 0 saturated heterocycles. The SMILES string of the molecule is COCN=C1NC(Cl)=NC(NCOC)N1. The van der Waals surface area contributed by atoms with E-state index < -0.39 is 0 Å². The number of ether oxygens (including phenoxy) is 2. The average Bonchev–Trinajstić information content (AvgIpc) is 2.23. The first-order valence-electron chi connectivity index (χ1n) is 4.29. The number of hydrogen-bond acceptors (Lipinski definition) is 5. The Balaban J connectivity index is 2.50. The van der Waals surface area contributed by atoms with E-state index in [1.54, 1.807) is 14.2 Å². The van der Waals surface area contributed by atoms with Gasteiger partial charge in [0.1, 0.15) is 6.73 Å². The van der Waals surface area contributed by atoms with Gasteiger partial charge in [-0.15, -0.1) is 0 Å². The number of guanidine groups is 1. The lowest BCUT2D eigenvalue weighted by Crippen LogP contribution is -2.55. The maximum absolute atomic E-state index is 5.76. The normalized spacial score (nSPS) is 23.3. The Labute approximate surface area is 92.9 Å². The van der Waals surface area contributed by atoms with E-state index in [0.29, 0.717) is 12.7 Å². The fraction of sp³-hybridized carbons (Fsp3) is 0.714. The lowest BCUT2D eigenvalue weighted by Gasteiger charge is -2.23. The molecule has 0 radical (unpaired) electrons. The van der Waals surface area contributed by atoms with Gasteiger partial charge in [-0.2, -0.15) is 0 Å². The first-order chi connectivity index (χ1) is 7.26. The number of nitrogens with zero attached hydrogens (tertiary/aromatic N) is 2. The Morgan fingerprint density at radius 2 is 2.33 bits per heavy atom. The van der Waals surface area contributed by atoms with Gasteiger partial charge in [-0.1, -0.05) is 0 Å². The number of halogens is 1. The van der Waals surface area contributed by atoms with Crippen molar-refractivity contribution in [1.29, 1.82) is 0 Å². The molecule has 8 heteroatoms. The van der Waals surface area contributed by atoms with Gasteiger partial charge in [-0.3, -0.25) is 5.32 Å². The fourth-order valence-corrected chi connectivity index (χ4v) is 1.10. The molecule has 0 aromatic rings. The van der Waals surface area contributed by atoms with Gasteiger partial charge in [0, 0.05) is 14.2 Å². The Hall–Kier alpha value is -0.890. The second-order valence-corrected chi connectivity index (χ2v) is 3.01. The van der Waals surface area contributed by atoms with Crippen molar-refractivity contribution in [3.05, 3.63) is 0 Å². The van der Waals surface area contributed by atoms with Crippen LogP contribution in [0.25, 0.3) is 0 Å². The van der Waals surface area contributed by atoms with Gasteiger partial charge in [-0.05, 0) is 11.6 Å². The van der Waals surface area contributed by atoms with Crippen LogP contribution in [0.5, 0.6) is 0 Å². The summed E-state index contributed by atoms with van der Waals surface area (Å²) in [6, 6.07) is 0. The summed E-state index contributed by atoms with van der Waals surface area (Å²) in [5.41, 5.74) is 0. The van der Waals surface area contributed by atoms with E-state index in [9.17, 15) is 0 Å². The highest BCUT2D eigenvalue weighted by Crippen LogP contribution is 1.94. The van der Waals surface area contributed by atoms with E-state index in [2.05, 4.69) is 25.9 Å². The molecule has 1 atom stereocenters. The summed E-state index contributed by atoms with van der Waals surface area (Å²) in [5.74, 6) is 0.505. The van der Waals surface area contributed by atoms with Gasteiger partial charge in [0.05, 0.1) is 6.73 Å². The third-order valence-electron chi connectivity index (χ3n) is 1.51. The van der Waals surface area contributed by atoms with Crippen LogP contribution in [0.1, 0.15) is 0 Å². The summed E-state index contributed by atoms with van der Waals surface area (Å²) in [6.07, 6.45) is -0.352. The molecule has 0 amide bonds. The minimum absolute atomic E-state index is 0.247. The number of hydrogen-bond donors (Lipinski definition) is 3. The summed E-state index contributed by atoms with van der Waals surface area (Å²) in [5, 5.41) is 8.90. The topological polar surface area (TPSA) is 79.3 Å². The first-order valence-corrected chi connectivity index (χ1v) is 4.66. The van der Waals surface area contributed by atoms with Crippen molar-refractivity contribution >= 4 is 22.9 Å². The largest absolute Gasteiger partial charge is 0.369 e. The number of rotatable bonds is 5. The van der Waals surface area contributed by atoms with E-state index in [4.69, 9.17) is 21.1 Å². The molecule has 0 spiro atoms. The Morgan fingerprint density at radius 1 is 1.53 bits per heavy atom. The summed E-state index contributed by atoms with van der Waals surface area (Å²) in [7, 11) is 3.14. The molecule has 1 rings (SSSR count). The Morgan fingerprint density at radius 3 is 3.00 bits per heavy atom. The fourth-order valence-electron chi connectivity index (χ4n) is 0.914. The molecule has 0 aromatic carbocycles. The summed E-state index contributed by atoms with van der Waals surface area (Å²) >= 11 is 5.76. The molecule has 1 unspecified atom stereocenters. The van der Waals surface area contributed by atoms with E-state index in [1.165, 1.54) is 0 Å². The molecule has 3 N–H and O–H groups in total. The van der Waals surface area contributed by atoms with Crippen LogP contribution in [0.3, 0.4) is 0 Å². The number of aliphatic imine (C=N–C) groups is 2. The highest BCUT2D eigenvalue weighted by molar-refractivity contribution is 6.66. The molecule has 15 heavy (non-hydrogen) atoms. The average molecular weight is 236 g/mol. The second kappa shape index (κ2) is 6.57. The van der Waals surface area contributed by atoms with Crippen LogP contribution in [0, 0.1) is 0 Å². The van der Waals surface area contributed by atoms with Crippen LogP contribution >= 0.6 is 11.6 Å². The maximum atomic E-state index is 5.76. The van der Waals surface area contributed by atoms with Gasteiger partial charge in [0.15, 0.2) is 6.29 Å². The molecule has 0 aliphatic carbocycles. The van der Waals surface area contributed by atoms with Crippen molar-refractivity contribution < 1.29 is 9.47 Å². The number of amidine groups is 1. The Bertz CT molecular complexity index is 258. The van der Waals surface area contributed by atoms with Gasteiger partial charge >= 0.3 is 0 Å². The van der Waals surface area contributed by atoms with Crippen molar-refractivity contribution in [2.75, 3.05) is 27.7 Å². The maximum Gasteiger partial charge on any atom is 0.202 e. The predicted octanol–water partition coefficient (Wildman–Crippen LogP) is -0.789. The summed E-state index contributed by atoms with van der Waals surface area (Å²) in [6.45, 7) is 0.611. The Kier molecular flexibility index (Phi) is 5.33. The molecule has 1 aliphatic rings. The van der Waals surface area contributed by atoms with Crippen molar-refractivity contribution in [2.45, 2.75) is 6.29 Å². The zero-order chi connectivity index (χ0) is 11.1. The zero-order valence-corrected chi connectivity index (χ0v) is 9.34. The third kappa shape index (κ3) is 4.43. The molecule has 86 valence electrons. The van der Waals surface area contributed by atoms with Gasteiger partial charge < -0.3 is 20.1 Å². The van der Waals surface area contributed by atoms with Crippen LogP contribution in [-0.2, 0) is 9.47 Å². The minimum Gasteiger partial charge on any atom is -0.369 e. The highest BCUT2D eigenvalue weighted by Gasteiger charge is 2.15. The molecule has 0 saturated carbocycles. The van der Waals surface area contributed by atoms with Crippen LogP contribution < -0.4 is 16.0 Å². The molecule has 0 fully saturated rings. The molecule has 1 aliphatic heterocycles. The molecular formula is C7H14ClN5O2.